The molecule has 0 spiro atoms. The quantitative estimate of drug-likeness (QED) is 0.0519. The molecule has 6 aliphatic heterocycles. The van der Waals surface area contributed by atoms with Gasteiger partial charge in [0, 0.05) is 134 Å². The smallest absolute Gasteiger partial charge is 0.270 e. The zero-order valence-electron chi connectivity index (χ0n) is 66.6. The Balaban J connectivity index is 0.000000135. The first-order chi connectivity index (χ1) is 55.4. The van der Waals surface area contributed by atoms with Crippen molar-refractivity contribution in [2.75, 3.05) is 132 Å². The second-order valence-corrected chi connectivity index (χ2v) is 33.4. The first kappa shape index (κ1) is 79.6. The molecule has 115 heavy (non-hydrogen) atoms. The van der Waals surface area contributed by atoms with Gasteiger partial charge >= 0.3 is 0 Å². The van der Waals surface area contributed by atoms with E-state index in [1.165, 1.54) is 38.5 Å². The fourth-order valence-corrected chi connectivity index (χ4v) is 18.7. The molecule has 15 heterocycles. The third kappa shape index (κ3) is 17.4. The van der Waals surface area contributed by atoms with E-state index in [2.05, 4.69) is 75.5 Å². The van der Waals surface area contributed by atoms with Gasteiger partial charge in [0.05, 0.1) is 35.7 Å². The van der Waals surface area contributed by atoms with Gasteiger partial charge in [0.15, 0.2) is 0 Å². The first-order valence-electron chi connectivity index (χ1n) is 41.4. The van der Waals surface area contributed by atoms with Gasteiger partial charge in [-0.3, -0.25) is 28.8 Å². The predicted octanol–water partition coefficient (Wildman–Crippen LogP) is 11.9. The Kier molecular flexibility index (Phi) is 24.4. The normalized spacial score (nSPS) is 22.2. The number of carbonyl (C=O) groups excluding carboxylic acids is 6. The number of anilines is 9. The minimum atomic E-state index is -0.0222. The van der Waals surface area contributed by atoms with Crippen molar-refractivity contribution in [2.24, 2.45) is 35.5 Å². The Labute approximate surface area is 672 Å². The lowest BCUT2D eigenvalue weighted by atomic mass is 9.88. The van der Waals surface area contributed by atoms with Crippen LogP contribution in [0.1, 0.15) is 192 Å². The van der Waals surface area contributed by atoms with Crippen LogP contribution in [-0.2, 0) is 14.4 Å². The summed E-state index contributed by atoms with van der Waals surface area (Å²) in [7, 11) is 10.7. The average Bonchev–Trinajstić information content (AvgIpc) is 1.66. The highest BCUT2D eigenvalue weighted by atomic mass is 16.2. The molecule has 2 unspecified atom stereocenters. The van der Waals surface area contributed by atoms with Crippen molar-refractivity contribution in [3.63, 3.8) is 0 Å². The summed E-state index contributed by atoms with van der Waals surface area (Å²) >= 11 is 0. The number of piperidine rings is 3. The molecule has 6 saturated heterocycles. The SMILES string of the molecule is C.CN(C)C(=O)c1cc2cnc(Nc3ccc(N4CC5CNCC5CC4=O)cn3)nc2n1C1CCCCCC1.CN(C)C(=O)c1cc2cnc(Nc3ccc(N4C[C@@H]5CNC[C@@H]5CC4=O)cn3)nc2n1C1CCCCCC1.CN(C)C(=O)c1cc2cnc(Nc3ccc(N4C[C@H]5CNC[C@H]5CC4=O)cn3)nc2n1C1CCCCCC1. The van der Waals surface area contributed by atoms with Gasteiger partial charge in [0.2, 0.25) is 35.6 Å². The number of aromatic nitrogens is 12. The number of rotatable bonds is 15. The topological polar surface area (TPSA) is 325 Å². The van der Waals surface area contributed by atoms with Crippen molar-refractivity contribution in [3.8, 4) is 0 Å². The van der Waals surface area contributed by atoms with Gasteiger partial charge in [0.1, 0.15) is 51.5 Å². The minimum Gasteiger partial charge on any atom is -0.343 e. The number of pyridine rings is 3. The van der Waals surface area contributed by atoms with Crippen molar-refractivity contribution in [1.29, 1.82) is 0 Å². The van der Waals surface area contributed by atoms with Gasteiger partial charge in [-0.05, 0) is 168 Å². The Morgan fingerprint density at radius 1 is 0.357 bits per heavy atom. The van der Waals surface area contributed by atoms with Gasteiger partial charge in [-0.15, -0.1) is 0 Å². The lowest BCUT2D eigenvalue weighted by molar-refractivity contribution is -0.122. The van der Waals surface area contributed by atoms with E-state index in [0.717, 1.165) is 186 Å². The van der Waals surface area contributed by atoms with E-state index in [4.69, 9.17) is 15.0 Å². The van der Waals surface area contributed by atoms with E-state index >= 15 is 0 Å². The minimum absolute atomic E-state index is 0. The number of hydrogen-bond acceptors (Lipinski definition) is 21. The maximum Gasteiger partial charge on any atom is 0.270 e. The Bertz CT molecular complexity index is 4470. The van der Waals surface area contributed by atoms with Gasteiger partial charge in [-0.2, -0.15) is 15.0 Å². The van der Waals surface area contributed by atoms with Gasteiger partial charge in [0.25, 0.3) is 17.7 Å². The number of hydrogen-bond donors (Lipinski definition) is 6. The molecule has 9 fully saturated rings. The zero-order valence-corrected chi connectivity index (χ0v) is 66.6. The van der Waals surface area contributed by atoms with E-state index in [1.807, 2.05) is 69.3 Å². The number of fused-ring (bicyclic) bond motifs is 6. The molecule has 9 aliphatic rings. The fraction of sp³-hybridized carbons (Fsp3) is 0.541. The molecule has 30 heteroatoms. The monoisotopic (exact) mass is 1560 g/mol. The average molecular weight is 1570 g/mol. The van der Waals surface area contributed by atoms with Crippen LogP contribution in [0.2, 0.25) is 0 Å². The Morgan fingerprint density at radius 3 is 0.861 bits per heavy atom. The van der Waals surface area contributed by atoms with Crippen molar-refractivity contribution < 1.29 is 28.8 Å². The molecule has 3 aliphatic carbocycles. The van der Waals surface area contributed by atoms with Crippen LogP contribution in [-0.4, -0.2) is 210 Å². The molecular formula is C85H112N24O6. The van der Waals surface area contributed by atoms with Crippen molar-refractivity contribution in [2.45, 2.75) is 160 Å². The standard InChI is InChI=1S/3C28H36N8O2.CH4/c3*1-34(2)27(38)23-11-19-15-31-28(33-26(19)36(23)21-7-5-3-4-6-8-21)32-24-10-9-22(16-30-24)35-17-20-14-29-13-18(20)12-25(35)37;/h3*9-11,15-16,18,20-21,29H,3-8,12-14,17H2,1-2H3,(H,30,31,32,33);1H4/t2*18-,20-;;/m10../s1. The van der Waals surface area contributed by atoms with Crippen LogP contribution in [0.3, 0.4) is 0 Å². The van der Waals surface area contributed by atoms with E-state index in [-0.39, 0.29) is 61.0 Å². The summed E-state index contributed by atoms with van der Waals surface area (Å²) < 4.78 is 6.42. The van der Waals surface area contributed by atoms with Gasteiger partial charge in [-0.1, -0.05) is 84.5 Å². The van der Waals surface area contributed by atoms with Crippen LogP contribution in [0.15, 0.2) is 91.8 Å². The molecular weight excluding hydrogens is 1450 g/mol. The molecule has 3 saturated carbocycles. The van der Waals surface area contributed by atoms with E-state index in [0.29, 0.717) is 107 Å². The van der Waals surface area contributed by atoms with E-state index in [9.17, 15) is 28.8 Å². The van der Waals surface area contributed by atoms with Crippen molar-refractivity contribution in [1.82, 2.24) is 89.2 Å². The van der Waals surface area contributed by atoms with Crippen molar-refractivity contribution in [3.05, 3.63) is 109 Å². The maximum atomic E-state index is 13.1. The molecule has 608 valence electrons. The molecule has 0 radical (unpaired) electrons. The number of amides is 6. The molecule has 6 atom stereocenters. The van der Waals surface area contributed by atoms with Gasteiger partial charge in [-0.25, -0.2) is 29.9 Å². The third-order valence-corrected chi connectivity index (χ3v) is 25.0. The highest BCUT2D eigenvalue weighted by Crippen LogP contribution is 2.40. The number of carbonyl (C=O) groups is 6. The molecule has 0 aromatic carbocycles. The van der Waals surface area contributed by atoms with Crippen LogP contribution in [0.4, 0.5) is 52.4 Å². The number of nitrogens with one attached hydrogen (secondary N) is 6. The van der Waals surface area contributed by atoms with E-state index < -0.39 is 0 Å². The van der Waals surface area contributed by atoms with Crippen LogP contribution in [0.5, 0.6) is 0 Å². The predicted molar refractivity (Wildman–Crippen MR) is 447 cm³/mol. The molecule has 0 bridgehead atoms. The highest BCUT2D eigenvalue weighted by Gasteiger charge is 2.41. The van der Waals surface area contributed by atoms with Crippen LogP contribution < -0.4 is 46.6 Å². The largest absolute Gasteiger partial charge is 0.343 e. The number of nitrogens with zero attached hydrogens (tertiary/aromatic N) is 18. The van der Waals surface area contributed by atoms with Gasteiger partial charge < -0.3 is 75.0 Å². The maximum absolute atomic E-state index is 13.1. The fourth-order valence-electron chi connectivity index (χ4n) is 18.7. The third-order valence-electron chi connectivity index (χ3n) is 25.0. The molecule has 6 N–H and O–H groups in total. The summed E-state index contributed by atoms with van der Waals surface area (Å²) in [4.78, 5) is 130. The summed E-state index contributed by atoms with van der Waals surface area (Å²) in [6.07, 6.45) is 32.9. The lowest BCUT2D eigenvalue weighted by Crippen LogP contribution is -2.44. The molecule has 18 rings (SSSR count). The summed E-state index contributed by atoms with van der Waals surface area (Å²) in [5, 5.41) is 22.5. The Hall–Kier alpha value is -10.6. The lowest BCUT2D eigenvalue weighted by Gasteiger charge is -2.34. The molecule has 9 aromatic rings. The molecule has 6 amide bonds. The summed E-state index contributed by atoms with van der Waals surface area (Å²) in [5.74, 6) is 6.38. The van der Waals surface area contributed by atoms with E-state index in [1.54, 1.807) is 94.2 Å². The van der Waals surface area contributed by atoms with Crippen molar-refractivity contribution >= 4 is 121 Å². The zero-order chi connectivity index (χ0) is 78.7. The Morgan fingerprint density at radius 2 is 0.617 bits per heavy atom. The first-order valence-corrected chi connectivity index (χ1v) is 41.4. The van der Waals surface area contributed by atoms with Crippen LogP contribution in [0.25, 0.3) is 33.1 Å². The highest BCUT2D eigenvalue weighted by molar-refractivity contribution is 6.01. The summed E-state index contributed by atoms with van der Waals surface area (Å²) in [6.45, 7) is 7.90. The second-order valence-electron chi connectivity index (χ2n) is 33.4. The summed E-state index contributed by atoms with van der Waals surface area (Å²) in [5.41, 5.74) is 6.76. The summed E-state index contributed by atoms with van der Waals surface area (Å²) in [6, 6.07) is 17.8. The molecule has 30 nitrogen and oxygen atoms in total. The van der Waals surface area contributed by atoms with Crippen LogP contribution in [0, 0.1) is 35.5 Å². The van der Waals surface area contributed by atoms with Crippen LogP contribution >= 0.6 is 0 Å². The molecule has 9 aromatic heterocycles. The second kappa shape index (κ2) is 35.2.